The number of guanidine groups is 1. The Hall–Kier alpha value is -1.39. The zero-order valence-corrected chi connectivity index (χ0v) is 18.0. The van der Waals surface area contributed by atoms with E-state index in [0.717, 1.165) is 12.8 Å². The van der Waals surface area contributed by atoms with Gasteiger partial charge in [-0.25, -0.2) is 0 Å². The van der Waals surface area contributed by atoms with Crippen LogP contribution in [0.1, 0.15) is 84.0 Å². The Kier molecular flexibility index (Phi) is 19.5. The molecule has 8 N–H and O–H groups in total. The number of aliphatic carboxylic acids is 1. The van der Waals surface area contributed by atoms with Gasteiger partial charge in [0.05, 0.1) is 5.75 Å². The molecule has 0 aliphatic rings. The number of unbranched alkanes of at least 4 members (excludes halogenated alkanes) is 9. The molecule has 0 fully saturated rings. The van der Waals surface area contributed by atoms with Gasteiger partial charge in [0.15, 0.2) is 5.96 Å². The number of carbonyl (C=O) groups is 1. The van der Waals surface area contributed by atoms with Crippen molar-refractivity contribution in [3.8, 4) is 0 Å². The molecule has 0 aromatic rings. The van der Waals surface area contributed by atoms with Gasteiger partial charge in [0.25, 0.3) is 10.1 Å². The Morgan fingerprint density at radius 1 is 0.929 bits per heavy atom. The monoisotopic (exact) mass is 424 g/mol. The van der Waals surface area contributed by atoms with Crippen molar-refractivity contribution < 1.29 is 22.9 Å². The van der Waals surface area contributed by atoms with Gasteiger partial charge in [0, 0.05) is 6.54 Å². The molecule has 0 saturated heterocycles. The summed E-state index contributed by atoms with van der Waals surface area (Å²) in [7, 11) is -3.73. The molecule has 0 aromatic heterocycles. The third-order valence-electron chi connectivity index (χ3n) is 4.04. The number of hydrogen-bond donors (Lipinski definition) is 5. The number of hydrogen-bond acceptors (Lipinski definition) is 5. The fraction of sp³-hybridized carbons (Fsp3) is 0.889. The smallest absolute Gasteiger partial charge is 0.320 e. The third-order valence-corrected chi connectivity index (χ3v) is 4.85. The van der Waals surface area contributed by atoms with Gasteiger partial charge in [0.2, 0.25) is 0 Å². The summed E-state index contributed by atoms with van der Waals surface area (Å²) in [4.78, 5) is 13.9. The predicted molar refractivity (Wildman–Crippen MR) is 114 cm³/mol. The van der Waals surface area contributed by atoms with Crippen LogP contribution in [-0.4, -0.2) is 48.3 Å². The van der Waals surface area contributed by atoms with Crippen LogP contribution in [0.25, 0.3) is 0 Å². The number of nitrogens with two attached hydrogens (primary N) is 3. The molecule has 0 bridgehead atoms. The second kappa shape index (κ2) is 18.9. The molecular weight excluding hydrogens is 384 g/mol. The van der Waals surface area contributed by atoms with Gasteiger partial charge in [0.1, 0.15) is 6.04 Å². The number of carboxylic acids is 1. The molecule has 0 saturated carbocycles. The quantitative estimate of drug-likeness (QED) is 0.108. The maximum atomic E-state index is 10.4. The average molecular weight is 425 g/mol. The second-order valence-corrected chi connectivity index (χ2v) is 8.43. The summed E-state index contributed by atoms with van der Waals surface area (Å²) in [5, 5.41) is 8.38. The Bertz CT molecular complexity index is 508. The summed E-state index contributed by atoms with van der Waals surface area (Å²) in [5.41, 5.74) is 15.3. The summed E-state index contributed by atoms with van der Waals surface area (Å²) >= 11 is 0. The SMILES string of the molecule is CCCCCCCCCCCCS(=O)(=O)O.NC(N)=NCCC[C@H](N)C(=O)O. The fourth-order valence-corrected chi connectivity index (χ4v) is 2.98. The van der Waals surface area contributed by atoms with E-state index in [4.69, 9.17) is 26.9 Å². The molecule has 10 heteroatoms. The maximum Gasteiger partial charge on any atom is 0.320 e. The summed E-state index contributed by atoms with van der Waals surface area (Å²) in [6.45, 7) is 2.64. The first-order valence-electron chi connectivity index (χ1n) is 10.1. The Labute approximate surface area is 169 Å². The lowest BCUT2D eigenvalue weighted by molar-refractivity contribution is -0.138. The van der Waals surface area contributed by atoms with Crippen LogP contribution in [0.3, 0.4) is 0 Å². The summed E-state index contributed by atoms with van der Waals surface area (Å²) < 4.78 is 29.4. The first-order chi connectivity index (χ1) is 13.1. The van der Waals surface area contributed by atoms with Crippen molar-refractivity contribution in [2.45, 2.75) is 90.0 Å². The molecule has 0 amide bonds. The van der Waals surface area contributed by atoms with E-state index in [2.05, 4.69) is 11.9 Å². The highest BCUT2D eigenvalue weighted by Crippen LogP contribution is 2.10. The lowest BCUT2D eigenvalue weighted by Crippen LogP contribution is -2.30. The van der Waals surface area contributed by atoms with Gasteiger partial charge in [-0.3, -0.25) is 14.3 Å². The van der Waals surface area contributed by atoms with Gasteiger partial charge in [-0.1, -0.05) is 64.7 Å². The zero-order chi connectivity index (χ0) is 21.8. The molecule has 0 radical (unpaired) electrons. The third kappa shape index (κ3) is 26.8. The van der Waals surface area contributed by atoms with Crippen LogP contribution < -0.4 is 17.2 Å². The van der Waals surface area contributed by atoms with Crippen LogP contribution in [0.4, 0.5) is 0 Å². The van der Waals surface area contributed by atoms with Crippen molar-refractivity contribution in [1.29, 1.82) is 0 Å². The minimum absolute atomic E-state index is 0.0129. The van der Waals surface area contributed by atoms with Crippen LogP contribution in [0, 0.1) is 0 Å². The van der Waals surface area contributed by atoms with Gasteiger partial charge < -0.3 is 22.3 Å². The average Bonchev–Trinajstić information content (AvgIpc) is 2.59. The van der Waals surface area contributed by atoms with Crippen molar-refractivity contribution in [1.82, 2.24) is 0 Å². The molecule has 28 heavy (non-hydrogen) atoms. The van der Waals surface area contributed by atoms with E-state index in [1.165, 1.54) is 44.9 Å². The molecular formula is C18H40N4O5S. The Morgan fingerprint density at radius 3 is 1.79 bits per heavy atom. The van der Waals surface area contributed by atoms with E-state index >= 15 is 0 Å². The van der Waals surface area contributed by atoms with Gasteiger partial charge in [-0.2, -0.15) is 8.42 Å². The van der Waals surface area contributed by atoms with Crippen molar-refractivity contribution >= 4 is 22.0 Å². The van der Waals surface area contributed by atoms with Crippen LogP contribution in [-0.2, 0) is 14.9 Å². The van der Waals surface area contributed by atoms with E-state index in [1.807, 2.05) is 0 Å². The molecule has 1 atom stereocenters. The molecule has 0 rings (SSSR count). The molecule has 0 aliphatic carbocycles. The van der Waals surface area contributed by atoms with Gasteiger partial charge in [-0.15, -0.1) is 0 Å². The molecule has 0 aromatic carbocycles. The van der Waals surface area contributed by atoms with Crippen molar-refractivity contribution in [2.24, 2.45) is 22.2 Å². The highest BCUT2D eigenvalue weighted by Gasteiger charge is 2.09. The summed E-state index contributed by atoms with van der Waals surface area (Å²) in [6, 6.07) is -0.820. The van der Waals surface area contributed by atoms with E-state index in [1.54, 1.807) is 0 Å². The van der Waals surface area contributed by atoms with E-state index in [0.29, 0.717) is 25.8 Å². The van der Waals surface area contributed by atoms with E-state index < -0.39 is 22.1 Å². The number of nitrogens with zero attached hydrogens (tertiary/aromatic N) is 1. The highest BCUT2D eigenvalue weighted by molar-refractivity contribution is 7.85. The van der Waals surface area contributed by atoms with Gasteiger partial charge in [-0.05, 0) is 19.3 Å². The molecule has 168 valence electrons. The number of rotatable bonds is 16. The normalized spacial score (nSPS) is 12.0. The van der Waals surface area contributed by atoms with E-state index in [-0.39, 0.29) is 11.7 Å². The summed E-state index contributed by atoms with van der Waals surface area (Å²) in [5.74, 6) is -1.07. The molecule has 0 heterocycles. The minimum Gasteiger partial charge on any atom is -0.480 e. The highest BCUT2D eigenvalue weighted by atomic mass is 32.2. The largest absolute Gasteiger partial charge is 0.480 e. The zero-order valence-electron chi connectivity index (χ0n) is 17.2. The van der Waals surface area contributed by atoms with Crippen molar-refractivity contribution in [2.75, 3.05) is 12.3 Å². The lowest BCUT2D eigenvalue weighted by atomic mass is 10.1. The minimum atomic E-state index is -3.73. The molecule has 0 spiro atoms. The second-order valence-electron chi connectivity index (χ2n) is 6.86. The first kappa shape index (κ1) is 28.8. The van der Waals surface area contributed by atoms with Crippen molar-refractivity contribution in [3.63, 3.8) is 0 Å². The van der Waals surface area contributed by atoms with Crippen LogP contribution in [0.15, 0.2) is 4.99 Å². The van der Waals surface area contributed by atoms with Crippen LogP contribution >= 0.6 is 0 Å². The number of carboxylic acid groups (broad SMARTS) is 1. The maximum absolute atomic E-state index is 10.4. The number of aliphatic imine (C=N–C) groups is 1. The standard InChI is InChI=1S/C12H26O3S.C6H14N4O2/c1-2-3-4-5-6-7-8-9-10-11-12-16(13,14)15;7-4(5(11)12)2-1-3-10-6(8)9/h2-12H2,1H3,(H,13,14,15);4H,1-3,7H2,(H,11,12)(H4,8,9,10)/t;4-/m.0/s1. The Morgan fingerprint density at radius 2 is 1.39 bits per heavy atom. The Balaban J connectivity index is 0. The van der Waals surface area contributed by atoms with E-state index in [9.17, 15) is 13.2 Å². The predicted octanol–water partition coefficient (Wildman–Crippen LogP) is 2.25. The van der Waals surface area contributed by atoms with Gasteiger partial charge >= 0.3 is 5.97 Å². The molecule has 9 nitrogen and oxygen atoms in total. The van der Waals surface area contributed by atoms with Crippen LogP contribution in [0.5, 0.6) is 0 Å². The topological polar surface area (TPSA) is 182 Å². The molecule has 0 unspecified atom stereocenters. The fourth-order valence-electron chi connectivity index (χ4n) is 2.41. The van der Waals surface area contributed by atoms with Crippen molar-refractivity contribution in [3.05, 3.63) is 0 Å². The summed E-state index contributed by atoms with van der Waals surface area (Å²) in [6.07, 6.45) is 12.6. The first-order valence-corrected chi connectivity index (χ1v) is 11.7. The van der Waals surface area contributed by atoms with Crippen LogP contribution in [0.2, 0.25) is 0 Å². The lowest BCUT2D eigenvalue weighted by Gasteiger charge is -2.03. The molecule has 0 aliphatic heterocycles.